The molecule has 0 bridgehead atoms. The maximum Gasteiger partial charge on any atom is 0.425 e. The molecule has 10 heteroatoms. The first-order chi connectivity index (χ1) is 12.6. The molecule has 0 radical (unpaired) electrons. The molecule has 27 heavy (non-hydrogen) atoms. The second-order valence-electron chi connectivity index (χ2n) is 7.05. The van der Waals surface area contributed by atoms with Crippen LogP contribution in [0.15, 0.2) is 12.3 Å². The Morgan fingerprint density at radius 3 is 2.59 bits per heavy atom. The van der Waals surface area contributed by atoms with Gasteiger partial charge in [-0.2, -0.15) is 13.2 Å². The molecule has 1 aliphatic heterocycles. The Kier molecular flexibility index (Phi) is 5.02. The number of hydrogen-bond acceptors (Lipinski definition) is 5. The predicted octanol–water partition coefficient (Wildman–Crippen LogP) is 1.66. The molecular formula is C17H20F3N3O4. The lowest BCUT2D eigenvalue weighted by molar-refractivity contribution is -0.189. The SMILES string of the molecule is CC(Oc1cc(C(=O)NC2(CC(N)=O)COC2)ncc1C1CC1)C(F)(F)F. The summed E-state index contributed by atoms with van der Waals surface area (Å²) in [6.07, 6.45) is -3.60. The van der Waals surface area contributed by atoms with Crippen LogP contribution < -0.4 is 15.8 Å². The fourth-order valence-electron chi connectivity index (χ4n) is 2.84. The molecule has 2 heterocycles. The first-order valence-electron chi connectivity index (χ1n) is 8.51. The van der Waals surface area contributed by atoms with Gasteiger partial charge in [-0.1, -0.05) is 0 Å². The summed E-state index contributed by atoms with van der Waals surface area (Å²) in [6, 6.07) is 1.21. The van der Waals surface area contributed by atoms with Crippen LogP contribution in [-0.2, 0) is 9.53 Å². The van der Waals surface area contributed by atoms with Crippen LogP contribution in [0.1, 0.15) is 48.2 Å². The van der Waals surface area contributed by atoms with E-state index < -0.39 is 29.6 Å². The Bertz CT molecular complexity index is 745. The Morgan fingerprint density at radius 2 is 2.11 bits per heavy atom. The smallest absolute Gasteiger partial charge is 0.425 e. The third kappa shape index (κ3) is 4.49. The van der Waals surface area contributed by atoms with E-state index in [9.17, 15) is 22.8 Å². The Labute approximate surface area is 153 Å². The van der Waals surface area contributed by atoms with Crippen molar-refractivity contribution in [3.8, 4) is 5.75 Å². The van der Waals surface area contributed by atoms with Gasteiger partial charge in [-0.25, -0.2) is 0 Å². The fourth-order valence-corrected chi connectivity index (χ4v) is 2.84. The summed E-state index contributed by atoms with van der Waals surface area (Å²) in [4.78, 5) is 27.8. The number of halogens is 3. The van der Waals surface area contributed by atoms with Gasteiger partial charge in [0.25, 0.3) is 5.91 Å². The summed E-state index contributed by atoms with van der Waals surface area (Å²) in [5, 5.41) is 2.65. The molecule has 1 aliphatic carbocycles. The van der Waals surface area contributed by atoms with Crippen molar-refractivity contribution in [1.82, 2.24) is 10.3 Å². The molecule has 0 aromatic carbocycles. The maximum atomic E-state index is 12.9. The van der Waals surface area contributed by atoms with Crippen LogP contribution in [0, 0.1) is 0 Å². The molecule has 148 valence electrons. The van der Waals surface area contributed by atoms with Gasteiger partial charge in [0.2, 0.25) is 5.91 Å². The van der Waals surface area contributed by atoms with Gasteiger partial charge in [0, 0.05) is 17.8 Å². The number of carbonyl (C=O) groups is 2. The normalized spacial score (nSPS) is 19.7. The number of carbonyl (C=O) groups excluding carboxylic acids is 2. The second-order valence-corrected chi connectivity index (χ2v) is 7.05. The average Bonchev–Trinajstić information content (AvgIpc) is 3.36. The highest BCUT2D eigenvalue weighted by Crippen LogP contribution is 2.44. The molecule has 0 spiro atoms. The monoisotopic (exact) mass is 387 g/mol. The number of hydrogen-bond donors (Lipinski definition) is 2. The number of nitrogens with one attached hydrogen (secondary N) is 1. The highest BCUT2D eigenvalue weighted by molar-refractivity contribution is 5.94. The van der Waals surface area contributed by atoms with Crippen molar-refractivity contribution in [3.05, 3.63) is 23.5 Å². The minimum absolute atomic E-state index is 0.00344. The summed E-state index contributed by atoms with van der Waals surface area (Å²) in [7, 11) is 0. The molecular weight excluding hydrogens is 367 g/mol. The molecule has 7 nitrogen and oxygen atoms in total. The van der Waals surface area contributed by atoms with Crippen LogP contribution in [0.25, 0.3) is 0 Å². The van der Waals surface area contributed by atoms with Gasteiger partial charge >= 0.3 is 6.18 Å². The van der Waals surface area contributed by atoms with Crippen LogP contribution in [-0.4, -0.2) is 47.8 Å². The summed E-state index contributed by atoms with van der Waals surface area (Å²) >= 11 is 0. The lowest BCUT2D eigenvalue weighted by atomic mass is 9.92. The van der Waals surface area contributed by atoms with Crippen molar-refractivity contribution >= 4 is 11.8 Å². The third-order valence-electron chi connectivity index (χ3n) is 4.56. The van der Waals surface area contributed by atoms with Crippen LogP contribution in [0.5, 0.6) is 5.75 Å². The van der Waals surface area contributed by atoms with Crippen molar-refractivity contribution < 1.29 is 32.2 Å². The summed E-state index contributed by atoms with van der Waals surface area (Å²) < 4.78 is 48.7. The minimum Gasteiger partial charge on any atom is -0.481 e. The molecule has 1 saturated carbocycles. The number of ether oxygens (including phenoxy) is 2. The Balaban J connectivity index is 1.80. The fraction of sp³-hybridized carbons (Fsp3) is 0.588. The summed E-state index contributed by atoms with van der Waals surface area (Å²) in [6.45, 7) is 1.15. The molecule has 2 fully saturated rings. The third-order valence-corrected chi connectivity index (χ3v) is 4.56. The van der Waals surface area contributed by atoms with Gasteiger partial charge in [0.1, 0.15) is 11.4 Å². The number of alkyl halides is 3. The number of amides is 2. The highest BCUT2D eigenvalue weighted by atomic mass is 19.4. The van der Waals surface area contributed by atoms with E-state index in [1.807, 2.05) is 0 Å². The Morgan fingerprint density at radius 1 is 1.44 bits per heavy atom. The van der Waals surface area contributed by atoms with Crippen LogP contribution in [0.3, 0.4) is 0 Å². The van der Waals surface area contributed by atoms with Gasteiger partial charge in [-0.05, 0) is 25.7 Å². The van der Waals surface area contributed by atoms with E-state index in [-0.39, 0.29) is 37.0 Å². The van der Waals surface area contributed by atoms with Crippen molar-refractivity contribution in [2.75, 3.05) is 13.2 Å². The molecule has 3 N–H and O–H groups in total. The van der Waals surface area contributed by atoms with Crippen molar-refractivity contribution in [2.45, 2.75) is 49.9 Å². The predicted molar refractivity (Wildman–Crippen MR) is 87.2 cm³/mol. The maximum absolute atomic E-state index is 12.9. The number of rotatable bonds is 7. The van der Waals surface area contributed by atoms with Crippen molar-refractivity contribution in [2.24, 2.45) is 5.73 Å². The zero-order valence-electron chi connectivity index (χ0n) is 14.6. The molecule has 1 aromatic heterocycles. The number of aromatic nitrogens is 1. The van der Waals surface area contributed by atoms with E-state index in [4.69, 9.17) is 15.2 Å². The van der Waals surface area contributed by atoms with Gasteiger partial charge in [0.05, 0.1) is 25.2 Å². The van der Waals surface area contributed by atoms with E-state index in [1.165, 1.54) is 12.3 Å². The number of primary amides is 1. The van der Waals surface area contributed by atoms with Crippen molar-refractivity contribution in [1.29, 1.82) is 0 Å². The zero-order chi connectivity index (χ0) is 19.8. The molecule has 1 aromatic rings. The molecule has 2 aliphatic rings. The average molecular weight is 387 g/mol. The quantitative estimate of drug-likeness (QED) is 0.741. The lowest BCUT2D eigenvalue weighted by Gasteiger charge is -2.41. The summed E-state index contributed by atoms with van der Waals surface area (Å²) in [5.41, 5.74) is 4.74. The molecule has 1 saturated heterocycles. The number of pyridine rings is 1. The number of nitrogens with zero attached hydrogens (tertiary/aromatic N) is 1. The van der Waals surface area contributed by atoms with Gasteiger partial charge < -0.3 is 20.5 Å². The van der Waals surface area contributed by atoms with E-state index >= 15 is 0 Å². The lowest BCUT2D eigenvalue weighted by Crippen LogP contribution is -2.63. The standard InChI is InChI=1S/C17H20F3N3O4/c1-9(17(18,19)20)27-13-4-12(22-6-11(13)10-2-3-10)15(25)23-16(5-14(21)24)7-26-8-16/h4,6,9-10H,2-3,5,7-8H2,1H3,(H2,21,24)(H,23,25). The molecule has 1 atom stereocenters. The number of nitrogens with two attached hydrogens (primary N) is 1. The highest BCUT2D eigenvalue weighted by Gasteiger charge is 2.42. The largest absolute Gasteiger partial charge is 0.481 e. The van der Waals surface area contributed by atoms with E-state index in [0.717, 1.165) is 19.8 Å². The Hall–Kier alpha value is -2.36. The van der Waals surface area contributed by atoms with Crippen LogP contribution in [0.2, 0.25) is 0 Å². The molecule has 1 unspecified atom stereocenters. The zero-order valence-corrected chi connectivity index (χ0v) is 14.6. The van der Waals surface area contributed by atoms with Crippen molar-refractivity contribution in [3.63, 3.8) is 0 Å². The van der Waals surface area contributed by atoms with Gasteiger partial charge in [-0.15, -0.1) is 0 Å². The summed E-state index contributed by atoms with van der Waals surface area (Å²) in [5.74, 6) is -1.15. The minimum atomic E-state index is -4.53. The molecule has 2 amide bonds. The first-order valence-corrected chi connectivity index (χ1v) is 8.51. The molecule has 3 rings (SSSR count). The van der Waals surface area contributed by atoms with E-state index in [0.29, 0.717) is 5.56 Å². The second kappa shape index (κ2) is 6.99. The van der Waals surface area contributed by atoms with Crippen LogP contribution >= 0.6 is 0 Å². The van der Waals surface area contributed by atoms with Crippen LogP contribution in [0.4, 0.5) is 13.2 Å². The van der Waals surface area contributed by atoms with E-state index in [1.54, 1.807) is 0 Å². The van der Waals surface area contributed by atoms with Gasteiger partial charge in [0.15, 0.2) is 6.10 Å². The van der Waals surface area contributed by atoms with Gasteiger partial charge in [-0.3, -0.25) is 14.6 Å². The first kappa shape index (κ1) is 19.4. The topological polar surface area (TPSA) is 104 Å². The van der Waals surface area contributed by atoms with E-state index in [2.05, 4.69) is 10.3 Å².